The molecule has 0 saturated carbocycles. The fourth-order valence-corrected chi connectivity index (χ4v) is 2.93. The highest BCUT2D eigenvalue weighted by Gasteiger charge is 2.22. The summed E-state index contributed by atoms with van der Waals surface area (Å²) < 4.78 is 1.50. The van der Waals surface area contributed by atoms with Gasteiger partial charge in [-0.2, -0.15) is 5.10 Å². The molecule has 1 aliphatic heterocycles. The van der Waals surface area contributed by atoms with Gasteiger partial charge >= 0.3 is 5.97 Å². The fourth-order valence-electron chi connectivity index (χ4n) is 2.93. The minimum absolute atomic E-state index is 0.00348. The monoisotopic (exact) mass is 313 g/mol. The summed E-state index contributed by atoms with van der Waals surface area (Å²) in [5.41, 5.74) is 3.42. The number of amides is 1. The van der Waals surface area contributed by atoms with E-state index in [1.807, 2.05) is 17.0 Å². The van der Waals surface area contributed by atoms with E-state index in [0.29, 0.717) is 13.0 Å². The standard InChI is InChI=1S/C17H19N3O3/c1-12-4-5-15-13(11-12)3-2-8-20(15)16(21)7-10-19-9-6-14(18-19)17(22)23/h4-6,9,11H,2-3,7-8,10H2,1H3,(H,22,23). The molecule has 2 aromatic rings. The SMILES string of the molecule is Cc1ccc2c(c1)CCCN2C(=O)CCn1ccc(C(=O)O)n1. The van der Waals surface area contributed by atoms with Crippen LogP contribution in [0.4, 0.5) is 5.69 Å². The second-order valence-corrected chi connectivity index (χ2v) is 5.80. The normalized spacial score (nSPS) is 13.7. The maximum Gasteiger partial charge on any atom is 0.356 e. The number of anilines is 1. The van der Waals surface area contributed by atoms with Gasteiger partial charge in [0.15, 0.2) is 5.69 Å². The lowest BCUT2D eigenvalue weighted by molar-refractivity contribution is -0.119. The highest BCUT2D eigenvalue weighted by molar-refractivity contribution is 5.94. The molecule has 0 bridgehead atoms. The van der Waals surface area contributed by atoms with E-state index in [4.69, 9.17) is 5.11 Å². The Bertz CT molecular complexity index is 751. The average molecular weight is 313 g/mol. The second-order valence-electron chi connectivity index (χ2n) is 5.80. The van der Waals surface area contributed by atoms with E-state index in [2.05, 4.69) is 18.1 Å². The number of hydrogen-bond donors (Lipinski definition) is 1. The summed E-state index contributed by atoms with van der Waals surface area (Å²) in [6, 6.07) is 7.61. The number of aryl methyl sites for hydroxylation is 3. The number of carbonyl (C=O) groups is 2. The molecular weight excluding hydrogens is 294 g/mol. The zero-order valence-corrected chi connectivity index (χ0v) is 13.0. The summed E-state index contributed by atoms with van der Waals surface area (Å²) in [6.45, 7) is 3.16. The molecule has 6 heteroatoms. The van der Waals surface area contributed by atoms with Crippen LogP contribution in [-0.2, 0) is 17.8 Å². The molecule has 0 saturated heterocycles. The number of carbonyl (C=O) groups excluding carboxylic acids is 1. The molecule has 6 nitrogen and oxygen atoms in total. The summed E-state index contributed by atoms with van der Waals surface area (Å²) in [4.78, 5) is 25.2. The van der Waals surface area contributed by atoms with Crippen LogP contribution in [0.2, 0.25) is 0 Å². The van der Waals surface area contributed by atoms with E-state index in [1.54, 1.807) is 6.20 Å². The van der Waals surface area contributed by atoms with Crippen LogP contribution in [0.25, 0.3) is 0 Å². The molecule has 2 heterocycles. The smallest absolute Gasteiger partial charge is 0.356 e. The third-order valence-corrected chi connectivity index (χ3v) is 4.07. The number of hydrogen-bond acceptors (Lipinski definition) is 3. The molecule has 23 heavy (non-hydrogen) atoms. The summed E-state index contributed by atoms with van der Waals surface area (Å²) in [5, 5.41) is 12.8. The lowest BCUT2D eigenvalue weighted by Crippen LogP contribution is -2.36. The Balaban J connectivity index is 1.68. The molecule has 1 aliphatic rings. The van der Waals surface area contributed by atoms with Gasteiger partial charge in [0.2, 0.25) is 5.91 Å². The van der Waals surface area contributed by atoms with Gasteiger partial charge in [0.1, 0.15) is 0 Å². The molecule has 0 fully saturated rings. The Morgan fingerprint density at radius 3 is 2.87 bits per heavy atom. The van der Waals surface area contributed by atoms with Crippen LogP contribution in [0.15, 0.2) is 30.5 Å². The highest BCUT2D eigenvalue weighted by Crippen LogP contribution is 2.28. The number of carboxylic acids is 1. The van der Waals surface area contributed by atoms with Crippen molar-refractivity contribution >= 4 is 17.6 Å². The van der Waals surface area contributed by atoms with Crippen LogP contribution in [0.1, 0.15) is 34.5 Å². The second kappa shape index (κ2) is 6.24. The van der Waals surface area contributed by atoms with Crippen molar-refractivity contribution in [3.8, 4) is 0 Å². The Morgan fingerprint density at radius 2 is 2.13 bits per heavy atom. The first kappa shape index (κ1) is 15.3. The topological polar surface area (TPSA) is 75.4 Å². The number of carboxylic acid groups (broad SMARTS) is 1. The van der Waals surface area contributed by atoms with E-state index >= 15 is 0 Å². The summed E-state index contributed by atoms with van der Waals surface area (Å²) in [6.07, 6.45) is 3.85. The van der Waals surface area contributed by atoms with Crippen molar-refractivity contribution in [2.45, 2.75) is 32.7 Å². The lowest BCUT2D eigenvalue weighted by atomic mass is 9.99. The number of aromatic carboxylic acids is 1. The first-order valence-corrected chi connectivity index (χ1v) is 7.71. The fraction of sp³-hybridized carbons (Fsp3) is 0.353. The van der Waals surface area contributed by atoms with Crippen LogP contribution >= 0.6 is 0 Å². The molecule has 1 N–H and O–H groups in total. The highest BCUT2D eigenvalue weighted by atomic mass is 16.4. The number of rotatable bonds is 4. The minimum Gasteiger partial charge on any atom is -0.476 e. The molecule has 1 aromatic carbocycles. The lowest BCUT2D eigenvalue weighted by Gasteiger charge is -2.30. The molecule has 0 spiro atoms. The predicted octanol–water partition coefficient (Wildman–Crippen LogP) is 2.26. The summed E-state index contributed by atoms with van der Waals surface area (Å²) in [5.74, 6) is -1.02. The van der Waals surface area contributed by atoms with E-state index in [0.717, 1.165) is 25.1 Å². The largest absolute Gasteiger partial charge is 0.476 e. The molecule has 1 amide bonds. The van der Waals surface area contributed by atoms with Gasteiger partial charge in [-0.05, 0) is 37.5 Å². The average Bonchev–Trinajstić information content (AvgIpc) is 3.01. The van der Waals surface area contributed by atoms with E-state index in [1.165, 1.54) is 21.9 Å². The Labute approximate surface area is 134 Å². The van der Waals surface area contributed by atoms with Gasteiger partial charge in [-0.3, -0.25) is 9.48 Å². The third kappa shape index (κ3) is 3.26. The van der Waals surface area contributed by atoms with Gasteiger partial charge in [0.25, 0.3) is 0 Å². The molecule has 1 aromatic heterocycles. The molecule has 0 unspecified atom stereocenters. The van der Waals surface area contributed by atoms with E-state index in [-0.39, 0.29) is 11.6 Å². The molecule has 0 aliphatic carbocycles. The summed E-state index contributed by atoms with van der Waals surface area (Å²) in [7, 11) is 0. The Morgan fingerprint density at radius 1 is 1.30 bits per heavy atom. The van der Waals surface area contributed by atoms with Crippen molar-refractivity contribution in [3.05, 3.63) is 47.3 Å². The Hall–Kier alpha value is -2.63. The summed E-state index contributed by atoms with van der Waals surface area (Å²) >= 11 is 0. The van der Waals surface area contributed by atoms with Gasteiger partial charge in [-0.1, -0.05) is 17.7 Å². The molecule has 120 valence electrons. The number of benzene rings is 1. The van der Waals surface area contributed by atoms with E-state index < -0.39 is 5.97 Å². The van der Waals surface area contributed by atoms with Gasteiger partial charge in [0.05, 0.1) is 0 Å². The molecule has 0 atom stereocenters. The van der Waals surface area contributed by atoms with Gasteiger partial charge in [0, 0.05) is 31.4 Å². The zero-order valence-electron chi connectivity index (χ0n) is 13.0. The van der Waals surface area contributed by atoms with Crippen molar-refractivity contribution in [1.29, 1.82) is 0 Å². The van der Waals surface area contributed by atoms with Crippen molar-refractivity contribution < 1.29 is 14.7 Å². The first-order chi connectivity index (χ1) is 11.0. The van der Waals surface area contributed by atoms with Crippen molar-refractivity contribution in [2.24, 2.45) is 0 Å². The van der Waals surface area contributed by atoms with Crippen molar-refractivity contribution in [1.82, 2.24) is 9.78 Å². The molecule has 0 radical (unpaired) electrons. The van der Waals surface area contributed by atoms with Gasteiger partial charge in [-0.15, -0.1) is 0 Å². The maximum atomic E-state index is 12.5. The third-order valence-electron chi connectivity index (χ3n) is 4.07. The maximum absolute atomic E-state index is 12.5. The predicted molar refractivity (Wildman–Crippen MR) is 85.7 cm³/mol. The van der Waals surface area contributed by atoms with E-state index in [9.17, 15) is 9.59 Å². The minimum atomic E-state index is -1.06. The van der Waals surface area contributed by atoms with Crippen LogP contribution in [0, 0.1) is 6.92 Å². The van der Waals surface area contributed by atoms with Gasteiger partial charge < -0.3 is 10.0 Å². The zero-order chi connectivity index (χ0) is 16.4. The quantitative estimate of drug-likeness (QED) is 0.939. The Kier molecular flexibility index (Phi) is 4.14. The number of fused-ring (bicyclic) bond motifs is 1. The number of nitrogens with zero attached hydrogens (tertiary/aromatic N) is 3. The van der Waals surface area contributed by atoms with Crippen molar-refractivity contribution in [3.63, 3.8) is 0 Å². The first-order valence-electron chi connectivity index (χ1n) is 7.71. The van der Waals surface area contributed by atoms with Crippen LogP contribution in [-0.4, -0.2) is 33.3 Å². The van der Waals surface area contributed by atoms with Crippen LogP contribution < -0.4 is 4.90 Å². The number of aromatic nitrogens is 2. The molecule has 3 rings (SSSR count). The van der Waals surface area contributed by atoms with Crippen LogP contribution in [0.3, 0.4) is 0 Å². The van der Waals surface area contributed by atoms with Gasteiger partial charge in [-0.25, -0.2) is 4.79 Å². The van der Waals surface area contributed by atoms with Crippen molar-refractivity contribution in [2.75, 3.05) is 11.4 Å². The van der Waals surface area contributed by atoms with Crippen LogP contribution in [0.5, 0.6) is 0 Å². The molecular formula is C17H19N3O3.